The van der Waals surface area contributed by atoms with Crippen molar-refractivity contribution in [3.63, 3.8) is 0 Å². The van der Waals surface area contributed by atoms with E-state index in [-0.39, 0.29) is 23.4 Å². The number of pyridine rings is 1. The SMILES string of the molecule is CC1=CCC(CNC(=O)c2nnc(CCCCn3cc(C(=O)NCc4ccc(C)nc4)nn3)s2)C=N1. The van der Waals surface area contributed by atoms with E-state index in [1.807, 2.05) is 32.2 Å². The summed E-state index contributed by atoms with van der Waals surface area (Å²) < 4.78 is 1.66. The smallest absolute Gasteiger partial charge is 0.282 e. The fraction of sp³-hybridized carbons (Fsp3) is 0.417. The van der Waals surface area contributed by atoms with E-state index in [9.17, 15) is 9.59 Å². The molecule has 12 heteroatoms. The Kier molecular flexibility index (Phi) is 8.61. The lowest BCUT2D eigenvalue weighted by molar-refractivity contribution is 0.0939. The Balaban J connectivity index is 1.14. The molecule has 1 aliphatic rings. The number of rotatable bonds is 11. The number of unbranched alkanes of at least 4 members (excludes halogenated alkanes) is 1. The first-order chi connectivity index (χ1) is 17.5. The van der Waals surface area contributed by atoms with Crippen LogP contribution in [0, 0.1) is 12.8 Å². The van der Waals surface area contributed by atoms with Crippen LogP contribution in [0.2, 0.25) is 0 Å². The van der Waals surface area contributed by atoms with Crippen molar-refractivity contribution >= 4 is 29.4 Å². The molecule has 1 aliphatic heterocycles. The Morgan fingerprint density at radius 2 is 2.00 bits per heavy atom. The molecule has 188 valence electrons. The van der Waals surface area contributed by atoms with Gasteiger partial charge in [-0.3, -0.25) is 24.2 Å². The minimum atomic E-state index is -0.274. The van der Waals surface area contributed by atoms with Gasteiger partial charge in [-0.15, -0.1) is 15.3 Å². The maximum absolute atomic E-state index is 12.4. The molecule has 4 rings (SSSR count). The molecular weight excluding hydrogens is 478 g/mol. The third kappa shape index (κ3) is 7.35. The highest BCUT2D eigenvalue weighted by atomic mass is 32.1. The van der Waals surface area contributed by atoms with Crippen LogP contribution in [0.25, 0.3) is 0 Å². The number of nitrogens with zero attached hydrogens (tertiary/aromatic N) is 7. The zero-order valence-electron chi connectivity index (χ0n) is 20.3. The van der Waals surface area contributed by atoms with Gasteiger partial charge in [-0.1, -0.05) is 28.7 Å². The highest BCUT2D eigenvalue weighted by Gasteiger charge is 2.16. The topological polar surface area (TPSA) is 140 Å². The number of hydrogen-bond acceptors (Lipinski definition) is 9. The molecule has 2 amide bonds. The van der Waals surface area contributed by atoms with E-state index in [2.05, 4.69) is 47.2 Å². The molecule has 4 heterocycles. The molecule has 0 saturated heterocycles. The molecule has 3 aromatic heterocycles. The number of aliphatic imine (C=N–C) groups is 1. The molecule has 0 saturated carbocycles. The van der Waals surface area contributed by atoms with Gasteiger partial charge < -0.3 is 10.6 Å². The zero-order chi connectivity index (χ0) is 25.3. The van der Waals surface area contributed by atoms with E-state index in [4.69, 9.17) is 0 Å². The van der Waals surface area contributed by atoms with Gasteiger partial charge in [0.15, 0.2) is 5.69 Å². The number of amides is 2. The van der Waals surface area contributed by atoms with Gasteiger partial charge in [0.05, 0.1) is 6.20 Å². The van der Waals surface area contributed by atoms with Crippen LogP contribution in [-0.2, 0) is 19.5 Å². The number of hydrogen-bond donors (Lipinski definition) is 2. The van der Waals surface area contributed by atoms with Gasteiger partial charge in [0.2, 0.25) is 5.01 Å². The highest BCUT2D eigenvalue weighted by Crippen LogP contribution is 2.14. The maximum Gasteiger partial charge on any atom is 0.282 e. The lowest BCUT2D eigenvalue weighted by atomic mass is 10.0. The number of carbonyl (C=O) groups is 2. The molecule has 0 bridgehead atoms. The van der Waals surface area contributed by atoms with Gasteiger partial charge >= 0.3 is 0 Å². The first-order valence-corrected chi connectivity index (χ1v) is 12.7. The third-order valence-corrected chi connectivity index (χ3v) is 6.60. The van der Waals surface area contributed by atoms with Crippen molar-refractivity contribution in [2.45, 2.75) is 52.6 Å². The Morgan fingerprint density at radius 1 is 1.11 bits per heavy atom. The van der Waals surface area contributed by atoms with Crippen LogP contribution in [0.5, 0.6) is 0 Å². The van der Waals surface area contributed by atoms with Crippen LogP contribution >= 0.6 is 11.3 Å². The molecule has 0 spiro atoms. The van der Waals surface area contributed by atoms with Gasteiger partial charge in [-0.2, -0.15) is 0 Å². The second-order valence-electron chi connectivity index (χ2n) is 8.64. The summed E-state index contributed by atoms with van der Waals surface area (Å²) in [5.74, 6) is -0.270. The molecule has 0 aliphatic carbocycles. The van der Waals surface area contributed by atoms with Crippen LogP contribution in [0.15, 0.2) is 41.3 Å². The summed E-state index contributed by atoms with van der Waals surface area (Å²) in [6.07, 6.45) is 10.6. The Labute approximate surface area is 213 Å². The molecule has 11 nitrogen and oxygen atoms in total. The van der Waals surface area contributed by atoms with Gasteiger partial charge in [0.25, 0.3) is 11.8 Å². The molecule has 1 unspecified atom stereocenters. The number of nitrogens with one attached hydrogen (secondary N) is 2. The highest BCUT2D eigenvalue weighted by molar-refractivity contribution is 7.13. The Hall–Kier alpha value is -3.80. The first kappa shape index (κ1) is 25.3. The monoisotopic (exact) mass is 507 g/mol. The van der Waals surface area contributed by atoms with Crippen molar-refractivity contribution in [2.75, 3.05) is 6.54 Å². The van der Waals surface area contributed by atoms with Gasteiger partial charge in [-0.05, 0) is 44.7 Å². The van der Waals surface area contributed by atoms with Crippen molar-refractivity contribution < 1.29 is 9.59 Å². The van der Waals surface area contributed by atoms with Crippen molar-refractivity contribution in [1.82, 2.24) is 40.8 Å². The molecule has 3 aromatic rings. The lowest BCUT2D eigenvalue weighted by Crippen LogP contribution is -2.30. The number of carbonyl (C=O) groups excluding carboxylic acids is 2. The summed E-state index contributed by atoms with van der Waals surface area (Å²) >= 11 is 1.31. The molecule has 36 heavy (non-hydrogen) atoms. The second-order valence-corrected chi connectivity index (χ2v) is 9.71. The average Bonchev–Trinajstić information content (AvgIpc) is 3.56. The fourth-order valence-electron chi connectivity index (χ4n) is 3.48. The summed E-state index contributed by atoms with van der Waals surface area (Å²) in [5, 5.41) is 23.1. The normalized spacial score (nSPS) is 14.9. The Morgan fingerprint density at radius 3 is 2.78 bits per heavy atom. The van der Waals surface area contributed by atoms with E-state index in [1.165, 1.54) is 11.3 Å². The maximum atomic E-state index is 12.4. The summed E-state index contributed by atoms with van der Waals surface area (Å²) in [4.78, 5) is 33.2. The van der Waals surface area contributed by atoms with E-state index in [0.717, 1.165) is 47.6 Å². The van der Waals surface area contributed by atoms with Gasteiger partial charge in [-0.25, -0.2) is 0 Å². The number of aryl methyl sites for hydroxylation is 3. The van der Waals surface area contributed by atoms with E-state index >= 15 is 0 Å². The summed E-state index contributed by atoms with van der Waals surface area (Å²) in [6, 6.07) is 3.83. The number of aromatic nitrogens is 6. The molecular formula is C24H29N9O2S. The summed E-state index contributed by atoms with van der Waals surface area (Å²) in [7, 11) is 0. The van der Waals surface area contributed by atoms with Crippen molar-refractivity contribution in [3.05, 3.63) is 63.3 Å². The standard InChI is InChI=1S/C24H29N9O2S/c1-16-6-8-18(11-25-16)13-27-22(34)20-15-33(32-29-20)10-4-3-5-21-30-31-24(36-21)23(35)28-14-19-9-7-17(2)26-12-19/h6-8,11-12,15,19H,3-5,9-10,13-14H2,1-2H3,(H,27,34)(H,28,35). The van der Waals surface area contributed by atoms with E-state index in [1.54, 1.807) is 17.1 Å². The van der Waals surface area contributed by atoms with Crippen LogP contribution in [0.4, 0.5) is 0 Å². The van der Waals surface area contributed by atoms with Crippen LogP contribution < -0.4 is 10.6 Å². The van der Waals surface area contributed by atoms with Crippen molar-refractivity contribution in [3.8, 4) is 0 Å². The van der Waals surface area contributed by atoms with Crippen LogP contribution in [0.1, 0.15) is 62.7 Å². The zero-order valence-corrected chi connectivity index (χ0v) is 21.2. The lowest BCUT2D eigenvalue weighted by Gasteiger charge is -2.13. The molecule has 0 fully saturated rings. The van der Waals surface area contributed by atoms with Gasteiger partial charge in [0.1, 0.15) is 5.01 Å². The van der Waals surface area contributed by atoms with Crippen molar-refractivity contribution in [2.24, 2.45) is 10.9 Å². The minimum absolute atomic E-state index is 0.203. The predicted molar refractivity (Wildman–Crippen MR) is 136 cm³/mol. The summed E-state index contributed by atoms with van der Waals surface area (Å²) in [6.45, 7) is 5.42. The largest absolute Gasteiger partial charge is 0.349 e. The molecule has 2 N–H and O–H groups in total. The van der Waals surface area contributed by atoms with E-state index < -0.39 is 0 Å². The molecule has 1 atom stereocenters. The van der Waals surface area contributed by atoms with Crippen LogP contribution in [-0.4, -0.2) is 54.7 Å². The third-order valence-electron chi connectivity index (χ3n) is 5.62. The summed E-state index contributed by atoms with van der Waals surface area (Å²) in [5.41, 5.74) is 3.14. The minimum Gasteiger partial charge on any atom is -0.349 e. The second kappa shape index (κ2) is 12.2. The fourth-order valence-corrected chi connectivity index (χ4v) is 4.28. The predicted octanol–water partition coefficient (Wildman–Crippen LogP) is 2.51. The number of allylic oxidation sites excluding steroid dienone is 2. The van der Waals surface area contributed by atoms with Gasteiger partial charge in [0, 0.05) is 55.8 Å². The van der Waals surface area contributed by atoms with Crippen molar-refractivity contribution in [1.29, 1.82) is 0 Å². The first-order valence-electron chi connectivity index (χ1n) is 11.9. The molecule has 0 aromatic carbocycles. The Bertz CT molecular complexity index is 1250. The quantitative estimate of drug-likeness (QED) is 0.380. The molecule has 0 radical (unpaired) electrons. The van der Waals surface area contributed by atoms with E-state index in [0.29, 0.717) is 24.6 Å². The van der Waals surface area contributed by atoms with Crippen LogP contribution in [0.3, 0.4) is 0 Å². The average molecular weight is 508 g/mol.